The molecule has 1 heterocycles. The third-order valence-electron chi connectivity index (χ3n) is 3.41. The summed E-state index contributed by atoms with van der Waals surface area (Å²) in [6, 6.07) is 5.95. The summed E-state index contributed by atoms with van der Waals surface area (Å²) in [4.78, 5) is 8.64. The van der Waals surface area contributed by atoms with Gasteiger partial charge in [0.05, 0.1) is 5.56 Å². The van der Waals surface area contributed by atoms with Gasteiger partial charge in [0, 0.05) is 5.92 Å². The molecule has 5 heteroatoms. The van der Waals surface area contributed by atoms with Crippen LogP contribution in [0.15, 0.2) is 24.3 Å². The van der Waals surface area contributed by atoms with E-state index in [1.54, 1.807) is 12.1 Å². The molecule has 1 saturated carbocycles. The quantitative estimate of drug-likeness (QED) is 0.750. The Morgan fingerprint density at radius 3 is 2.11 bits per heavy atom. The highest BCUT2D eigenvalue weighted by Gasteiger charge is 2.37. The lowest BCUT2D eigenvalue weighted by Gasteiger charge is -2.08. The maximum absolute atomic E-state index is 12.9. The van der Waals surface area contributed by atoms with Crippen LogP contribution in [0, 0.1) is 11.7 Å². The highest BCUT2D eigenvalue weighted by molar-refractivity contribution is 6.37. The zero-order valence-electron chi connectivity index (χ0n) is 10.2. The summed E-state index contributed by atoms with van der Waals surface area (Å²) < 4.78 is 12.9. The van der Waals surface area contributed by atoms with Crippen LogP contribution in [0.3, 0.4) is 0 Å². The van der Waals surface area contributed by atoms with E-state index in [0.717, 1.165) is 6.42 Å². The second kappa shape index (κ2) is 4.73. The van der Waals surface area contributed by atoms with Crippen LogP contribution >= 0.6 is 23.2 Å². The smallest absolute Gasteiger partial charge is 0.142 e. The Labute approximate surface area is 120 Å². The maximum atomic E-state index is 12.9. The molecule has 0 aliphatic heterocycles. The normalized spacial score (nSPS) is 21.5. The van der Waals surface area contributed by atoms with Crippen LogP contribution in [-0.2, 0) is 0 Å². The van der Waals surface area contributed by atoms with Crippen molar-refractivity contribution in [1.82, 2.24) is 9.97 Å². The number of benzene rings is 1. The monoisotopic (exact) mass is 296 g/mol. The van der Waals surface area contributed by atoms with Crippen molar-refractivity contribution in [3.05, 3.63) is 46.2 Å². The molecule has 0 bridgehead atoms. The molecule has 1 aliphatic rings. The van der Waals surface area contributed by atoms with Gasteiger partial charge in [0.15, 0.2) is 0 Å². The van der Waals surface area contributed by atoms with Gasteiger partial charge in [-0.3, -0.25) is 0 Å². The van der Waals surface area contributed by atoms with E-state index in [-0.39, 0.29) is 5.82 Å². The minimum absolute atomic E-state index is 0.305. The average molecular weight is 297 g/mol. The molecule has 0 saturated heterocycles. The standard InChI is InChI=1S/C14H11Cl2FN2/c1-7-6-10(7)14-18-12(15)11(13(16)19-14)8-2-4-9(17)5-3-8/h2-5,7,10H,6H2,1H3. The van der Waals surface area contributed by atoms with Gasteiger partial charge in [-0.1, -0.05) is 42.3 Å². The Bertz CT molecular complexity index is 605. The molecule has 19 heavy (non-hydrogen) atoms. The first kappa shape index (κ1) is 12.8. The SMILES string of the molecule is CC1CC1c1nc(Cl)c(-c2ccc(F)cc2)c(Cl)n1. The number of hydrogen-bond donors (Lipinski definition) is 0. The summed E-state index contributed by atoms with van der Waals surface area (Å²) in [5, 5.41) is 0.640. The lowest BCUT2D eigenvalue weighted by molar-refractivity contribution is 0.628. The van der Waals surface area contributed by atoms with E-state index in [2.05, 4.69) is 16.9 Å². The second-order valence-electron chi connectivity index (χ2n) is 4.86. The molecule has 0 spiro atoms. The molecule has 0 N–H and O–H groups in total. The number of aromatic nitrogens is 2. The molecule has 0 amide bonds. The highest BCUT2D eigenvalue weighted by Crippen LogP contribution is 2.46. The molecule has 2 aromatic rings. The van der Waals surface area contributed by atoms with Crippen LogP contribution in [0.25, 0.3) is 11.1 Å². The fourth-order valence-corrected chi connectivity index (χ4v) is 2.74. The highest BCUT2D eigenvalue weighted by atomic mass is 35.5. The van der Waals surface area contributed by atoms with E-state index in [4.69, 9.17) is 23.2 Å². The molecule has 3 rings (SSSR count). The van der Waals surface area contributed by atoms with Gasteiger partial charge in [-0.15, -0.1) is 0 Å². The molecule has 2 atom stereocenters. The predicted molar refractivity (Wildman–Crippen MR) is 74.0 cm³/mol. The van der Waals surface area contributed by atoms with E-state index < -0.39 is 0 Å². The molecule has 1 aliphatic carbocycles. The van der Waals surface area contributed by atoms with Gasteiger partial charge in [0.25, 0.3) is 0 Å². The van der Waals surface area contributed by atoms with Crippen LogP contribution in [0.4, 0.5) is 4.39 Å². The first-order valence-corrected chi connectivity index (χ1v) is 6.80. The largest absolute Gasteiger partial charge is 0.220 e. The molecule has 2 unspecified atom stereocenters. The van der Waals surface area contributed by atoms with Crippen molar-refractivity contribution in [1.29, 1.82) is 0 Å². The molecule has 1 aromatic heterocycles. The molecule has 1 fully saturated rings. The Morgan fingerprint density at radius 2 is 1.63 bits per heavy atom. The zero-order chi connectivity index (χ0) is 13.6. The summed E-state index contributed by atoms with van der Waals surface area (Å²) in [5.74, 6) is 1.34. The Balaban J connectivity index is 2.04. The number of rotatable bonds is 2. The van der Waals surface area contributed by atoms with Crippen LogP contribution in [0.5, 0.6) is 0 Å². The molecule has 0 radical (unpaired) electrons. The minimum Gasteiger partial charge on any atom is -0.220 e. The summed E-state index contributed by atoms with van der Waals surface area (Å²) in [6.45, 7) is 2.14. The van der Waals surface area contributed by atoms with E-state index in [1.165, 1.54) is 12.1 Å². The Kier molecular flexibility index (Phi) is 3.19. The van der Waals surface area contributed by atoms with Crippen molar-refractivity contribution in [2.24, 2.45) is 5.92 Å². The van der Waals surface area contributed by atoms with Crippen molar-refractivity contribution in [3.63, 3.8) is 0 Å². The van der Waals surface area contributed by atoms with Gasteiger partial charge in [-0.05, 0) is 30.0 Å². The van der Waals surface area contributed by atoms with E-state index in [9.17, 15) is 4.39 Å². The van der Waals surface area contributed by atoms with Crippen molar-refractivity contribution < 1.29 is 4.39 Å². The first-order chi connectivity index (χ1) is 9.06. The van der Waals surface area contributed by atoms with Gasteiger partial charge in [0.2, 0.25) is 0 Å². The molecular formula is C14H11Cl2FN2. The van der Waals surface area contributed by atoms with Gasteiger partial charge >= 0.3 is 0 Å². The summed E-state index contributed by atoms with van der Waals surface area (Å²) in [7, 11) is 0. The molecule has 2 nitrogen and oxygen atoms in total. The van der Waals surface area contributed by atoms with Crippen LogP contribution in [0.1, 0.15) is 25.1 Å². The van der Waals surface area contributed by atoms with Crippen molar-refractivity contribution in [2.45, 2.75) is 19.3 Å². The summed E-state index contributed by atoms with van der Waals surface area (Å²) >= 11 is 12.4. The topological polar surface area (TPSA) is 25.8 Å². The third-order valence-corrected chi connectivity index (χ3v) is 3.96. The van der Waals surface area contributed by atoms with Crippen LogP contribution in [-0.4, -0.2) is 9.97 Å². The fraction of sp³-hybridized carbons (Fsp3) is 0.286. The van der Waals surface area contributed by atoms with Gasteiger partial charge in [0.1, 0.15) is 21.9 Å². The fourth-order valence-electron chi connectivity index (χ4n) is 2.13. The van der Waals surface area contributed by atoms with Gasteiger partial charge in [-0.25, -0.2) is 14.4 Å². The summed E-state index contributed by atoms with van der Waals surface area (Å²) in [6.07, 6.45) is 1.07. The van der Waals surface area contributed by atoms with Crippen LogP contribution in [0.2, 0.25) is 10.3 Å². The van der Waals surface area contributed by atoms with Crippen molar-refractivity contribution in [3.8, 4) is 11.1 Å². The first-order valence-electron chi connectivity index (χ1n) is 6.05. The Hall–Kier alpha value is -1.19. The Morgan fingerprint density at radius 1 is 1.11 bits per heavy atom. The minimum atomic E-state index is -0.305. The lowest BCUT2D eigenvalue weighted by atomic mass is 10.1. The van der Waals surface area contributed by atoms with E-state index in [1.807, 2.05) is 0 Å². The molecule has 98 valence electrons. The number of hydrogen-bond acceptors (Lipinski definition) is 2. The zero-order valence-corrected chi connectivity index (χ0v) is 11.7. The maximum Gasteiger partial charge on any atom is 0.142 e. The van der Waals surface area contributed by atoms with Crippen molar-refractivity contribution >= 4 is 23.2 Å². The van der Waals surface area contributed by atoms with Crippen LogP contribution < -0.4 is 0 Å². The van der Waals surface area contributed by atoms with E-state index >= 15 is 0 Å². The second-order valence-corrected chi connectivity index (χ2v) is 5.58. The molecular weight excluding hydrogens is 286 g/mol. The number of halogens is 3. The van der Waals surface area contributed by atoms with E-state index in [0.29, 0.717) is 39.1 Å². The predicted octanol–water partition coefficient (Wildman–Crippen LogP) is 4.71. The molecule has 1 aromatic carbocycles. The lowest BCUT2D eigenvalue weighted by Crippen LogP contribution is -1.97. The average Bonchev–Trinajstić information content (AvgIpc) is 3.08. The van der Waals surface area contributed by atoms with Gasteiger partial charge < -0.3 is 0 Å². The van der Waals surface area contributed by atoms with Gasteiger partial charge in [-0.2, -0.15) is 0 Å². The van der Waals surface area contributed by atoms with Crippen molar-refractivity contribution in [2.75, 3.05) is 0 Å². The summed E-state index contributed by atoms with van der Waals surface area (Å²) in [5.41, 5.74) is 1.27. The number of nitrogens with zero attached hydrogens (tertiary/aromatic N) is 2. The third kappa shape index (κ3) is 2.45.